The summed E-state index contributed by atoms with van der Waals surface area (Å²) in [6.45, 7) is 1.49. The van der Waals surface area contributed by atoms with Crippen LogP contribution in [0.15, 0.2) is 29.2 Å². The number of nitrogens with zero attached hydrogens (tertiary/aromatic N) is 1. The van der Waals surface area contributed by atoms with Gasteiger partial charge in [0.25, 0.3) is 0 Å². The van der Waals surface area contributed by atoms with Gasteiger partial charge in [0, 0.05) is 17.5 Å². The first kappa shape index (κ1) is 12.0. The number of carbonyl (C=O) groups excluding carboxylic acids is 1. The molecule has 1 aromatic carbocycles. The van der Waals surface area contributed by atoms with Gasteiger partial charge in [-0.05, 0) is 43.5 Å². The van der Waals surface area contributed by atoms with Crippen LogP contribution in [-0.2, 0) is 4.79 Å². The molecule has 1 aliphatic carbocycles. The van der Waals surface area contributed by atoms with E-state index in [-0.39, 0.29) is 10.7 Å². The van der Waals surface area contributed by atoms with Gasteiger partial charge in [0.2, 0.25) is 5.91 Å². The summed E-state index contributed by atoms with van der Waals surface area (Å²) in [4.78, 5) is 12.0. The van der Waals surface area contributed by atoms with Crippen molar-refractivity contribution in [2.45, 2.75) is 35.8 Å². The van der Waals surface area contributed by atoms with Gasteiger partial charge < -0.3 is 5.32 Å². The molecule has 1 saturated carbocycles. The summed E-state index contributed by atoms with van der Waals surface area (Å²) in [7, 11) is 0. The maximum absolute atomic E-state index is 10.9. The number of hydrogen-bond donors (Lipinski definition) is 1. The zero-order valence-electron chi connectivity index (χ0n) is 9.69. The molecule has 3 nitrogen and oxygen atoms in total. The van der Waals surface area contributed by atoms with E-state index in [0.29, 0.717) is 0 Å². The zero-order chi connectivity index (χ0) is 12.3. The minimum Gasteiger partial charge on any atom is -0.326 e. The molecular formula is C13H14N2OS. The van der Waals surface area contributed by atoms with Crippen LogP contribution in [0.3, 0.4) is 0 Å². The zero-order valence-corrected chi connectivity index (χ0v) is 10.5. The maximum Gasteiger partial charge on any atom is 0.221 e. The highest BCUT2D eigenvalue weighted by molar-refractivity contribution is 8.01. The van der Waals surface area contributed by atoms with Gasteiger partial charge in [0.15, 0.2) is 0 Å². The number of hydrogen-bond acceptors (Lipinski definition) is 3. The molecule has 0 atom stereocenters. The van der Waals surface area contributed by atoms with E-state index in [2.05, 4.69) is 11.4 Å². The molecular weight excluding hydrogens is 232 g/mol. The van der Waals surface area contributed by atoms with E-state index in [1.54, 1.807) is 11.8 Å². The molecule has 1 fully saturated rings. The standard InChI is InChI=1S/C13H14N2OS/c1-10(16)15-11-3-5-12(6-4-11)17-13(9-14)7-2-8-13/h3-6H,2,7-8H2,1H3,(H,15,16). The number of anilines is 1. The fraction of sp³-hybridized carbons (Fsp3) is 0.385. The van der Waals surface area contributed by atoms with Crippen molar-refractivity contribution in [2.75, 3.05) is 5.32 Å². The molecule has 2 rings (SSSR count). The molecule has 0 saturated heterocycles. The Morgan fingerprint density at radius 1 is 1.41 bits per heavy atom. The number of benzene rings is 1. The number of amides is 1. The molecule has 1 aromatic rings. The molecule has 0 radical (unpaired) electrons. The van der Waals surface area contributed by atoms with Gasteiger partial charge in [-0.25, -0.2) is 0 Å². The molecule has 0 aromatic heterocycles. The number of rotatable bonds is 3. The third-order valence-corrected chi connectivity index (χ3v) is 4.25. The predicted molar refractivity (Wildman–Crippen MR) is 68.8 cm³/mol. The molecule has 1 aliphatic rings. The van der Waals surface area contributed by atoms with Gasteiger partial charge in [-0.2, -0.15) is 5.26 Å². The average Bonchev–Trinajstić information content (AvgIpc) is 2.25. The lowest BCUT2D eigenvalue weighted by Crippen LogP contribution is -2.30. The van der Waals surface area contributed by atoms with Crippen LogP contribution in [0.25, 0.3) is 0 Å². The minimum atomic E-state index is -0.213. The lowest BCUT2D eigenvalue weighted by Gasteiger charge is -2.34. The van der Waals surface area contributed by atoms with Crippen LogP contribution in [0.4, 0.5) is 5.69 Å². The Labute approximate surface area is 105 Å². The first-order valence-electron chi connectivity index (χ1n) is 5.61. The lowest BCUT2D eigenvalue weighted by molar-refractivity contribution is -0.114. The normalized spacial score (nSPS) is 16.7. The van der Waals surface area contributed by atoms with Crippen molar-refractivity contribution >= 4 is 23.4 Å². The number of carbonyl (C=O) groups is 1. The fourth-order valence-corrected chi connectivity index (χ4v) is 3.03. The van der Waals surface area contributed by atoms with Gasteiger partial charge in [0.05, 0.1) is 6.07 Å². The monoisotopic (exact) mass is 246 g/mol. The van der Waals surface area contributed by atoms with Crippen LogP contribution in [0.2, 0.25) is 0 Å². The second kappa shape index (κ2) is 4.80. The summed E-state index contributed by atoms with van der Waals surface area (Å²) in [5.74, 6) is -0.0714. The number of thioether (sulfide) groups is 1. The lowest BCUT2D eigenvalue weighted by atomic mass is 9.86. The molecule has 1 amide bonds. The van der Waals surface area contributed by atoms with Crippen molar-refractivity contribution in [3.05, 3.63) is 24.3 Å². The van der Waals surface area contributed by atoms with Crippen LogP contribution in [0, 0.1) is 11.3 Å². The van der Waals surface area contributed by atoms with Crippen molar-refractivity contribution < 1.29 is 4.79 Å². The Bertz CT molecular complexity index is 457. The van der Waals surface area contributed by atoms with Crippen molar-refractivity contribution in [3.63, 3.8) is 0 Å². The maximum atomic E-state index is 10.9. The molecule has 0 aliphatic heterocycles. The van der Waals surface area contributed by atoms with E-state index in [1.807, 2.05) is 24.3 Å². The van der Waals surface area contributed by atoms with Crippen molar-refractivity contribution in [2.24, 2.45) is 0 Å². The first-order chi connectivity index (χ1) is 8.13. The van der Waals surface area contributed by atoms with Crippen LogP contribution < -0.4 is 5.32 Å². The summed E-state index contributed by atoms with van der Waals surface area (Å²) < 4.78 is -0.213. The van der Waals surface area contributed by atoms with Gasteiger partial charge in [-0.15, -0.1) is 11.8 Å². The Morgan fingerprint density at radius 2 is 2.06 bits per heavy atom. The largest absolute Gasteiger partial charge is 0.326 e. The molecule has 4 heteroatoms. The quantitative estimate of drug-likeness (QED) is 0.891. The highest BCUT2D eigenvalue weighted by Crippen LogP contribution is 2.47. The SMILES string of the molecule is CC(=O)Nc1ccc(SC2(C#N)CCC2)cc1. The second-order valence-corrected chi connectivity index (χ2v) is 5.72. The van der Waals surface area contributed by atoms with Crippen LogP contribution in [0.5, 0.6) is 0 Å². The highest BCUT2D eigenvalue weighted by atomic mass is 32.2. The second-order valence-electron chi connectivity index (χ2n) is 4.27. The van der Waals surface area contributed by atoms with E-state index in [0.717, 1.165) is 29.8 Å². The smallest absolute Gasteiger partial charge is 0.221 e. The Hall–Kier alpha value is -1.47. The first-order valence-corrected chi connectivity index (χ1v) is 6.43. The molecule has 0 bridgehead atoms. The van der Waals surface area contributed by atoms with Crippen molar-refractivity contribution in [3.8, 4) is 6.07 Å². The summed E-state index contributed by atoms with van der Waals surface area (Å²) in [5, 5.41) is 11.9. The van der Waals surface area contributed by atoms with Gasteiger partial charge >= 0.3 is 0 Å². The van der Waals surface area contributed by atoms with Gasteiger partial charge in [-0.1, -0.05) is 0 Å². The van der Waals surface area contributed by atoms with E-state index in [4.69, 9.17) is 5.26 Å². The van der Waals surface area contributed by atoms with E-state index in [9.17, 15) is 4.79 Å². The Kier molecular flexibility index (Phi) is 3.39. The van der Waals surface area contributed by atoms with Crippen LogP contribution in [0.1, 0.15) is 26.2 Å². The fourth-order valence-electron chi connectivity index (χ4n) is 1.77. The summed E-state index contributed by atoms with van der Waals surface area (Å²) >= 11 is 1.63. The Balaban J connectivity index is 2.03. The van der Waals surface area contributed by atoms with Gasteiger partial charge in [0.1, 0.15) is 4.75 Å². The molecule has 1 N–H and O–H groups in total. The third kappa shape index (κ3) is 2.80. The van der Waals surface area contributed by atoms with E-state index in [1.165, 1.54) is 6.92 Å². The molecule has 17 heavy (non-hydrogen) atoms. The van der Waals surface area contributed by atoms with E-state index >= 15 is 0 Å². The van der Waals surface area contributed by atoms with Gasteiger partial charge in [-0.3, -0.25) is 4.79 Å². The highest BCUT2D eigenvalue weighted by Gasteiger charge is 2.38. The van der Waals surface area contributed by atoms with Crippen molar-refractivity contribution in [1.29, 1.82) is 5.26 Å². The predicted octanol–water partition coefficient (Wildman–Crippen LogP) is 3.18. The minimum absolute atomic E-state index is 0.0714. The molecule has 88 valence electrons. The topological polar surface area (TPSA) is 52.9 Å². The van der Waals surface area contributed by atoms with E-state index < -0.39 is 0 Å². The number of nitrogens with one attached hydrogen (secondary N) is 1. The summed E-state index contributed by atoms with van der Waals surface area (Å²) in [6, 6.07) is 10.0. The molecule has 0 unspecified atom stereocenters. The molecule has 0 heterocycles. The van der Waals surface area contributed by atoms with Crippen molar-refractivity contribution in [1.82, 2.24) is 0 Å². The third-order valence-electron chi connectivity index (χ3n) is 2.85. The average molecular weight is 246 g/mol. The van der Waals surface area contributed by atoms with Crippen LogP contribution in [-0.4, -0.2) is 10.7 Å². The Morgan fingerprint density at radius 3 is 2.47 bits per heavy atom. The molecule has 0 spiro atoms. The summed E-state index contributed by atoms with van der Waals surface area (Å²) in [6.07, 6.45) is 3.09. The summed E-state index contributed by atoms with van der Waals surface area (Å²) in [5.41, 5.74) is 0.793. The number of nitriles is 1. The van der Waals surface area contributed by atoms with Crippen LogP contribution >= 0.6 is 11.8 Å².